The first-order chi connectivity index (χ1) is 6.69. The summed E-state index contributed by atoms with van der Waals surface area (Å²) in [7, 11) is 0. The third-order valence-corrected chi connectivity index (χ3v) is 1.85. The van der Waals surface area contributed by atoms with Crippen LogP contribution in [-0.2, 0) is 0 Å². The van der Waals surface area contributed by atoms with Crippen LogP contribution in [0.5, 0.6) is 0 Å². The standard InChI is InChI=1S/C10H10F2N2/c1-2-7(6-13)14-9-5-3-4-8(11)10(9)12/h3-5,7,14H,2H2,1H3. The Hall–Kier alpha value is -1.63. The molecule has 0 fully saturated rings. The van der Waals surface area contributed by atoms with Gasteiger partial charge >= 0.3 is 0 Å². The Bertz CT molecular complexity index is 358. The molecule has 0 radical (unpaired) electrons. The van der Waals surface area contributed by atoms with Gasteiger partial charge in [0.1, 0.15) is 6.04 Å². The van der Waals surface area contributed by atoms with Crippen molar-refractivity contribution in [2.45, 2.75) is 19.4 Å². The number of rotatable bonds is 3. The Morgan fingerprint density at radius 1 is 1.50 bits per heavy atom. The highest BCUT2D eigenvalue weighted by Crippen LogP contribution is 2.17. The molecular weight excluding hydrogens is 186 g/mol. The maximum absolute atomic E-state index is 13.1. The molecule has 1 unspecified atom stereocenters. The van der Waals surface area contributed by atoms with Gasteiger partial charge in [-0.05, 0) is 18.6 Å². The Morgan fingerprint density at radius 3 is 2.79 bits per heavy atom. The lowest BCUT2D eigenvalue weighted by atomic mass is 10.2. The predicted octanol–water partition coefficient (Wildman–Crippen LogP) is 2.68. The minimum Gasteiger partial charge on any atom is -0.367 e. The summed E-state index contributed by atoms with van der Waals surface area (Å²) >= 11 is 0. The molecule has 1 N–H and O–H groups in total. The van der Waals surface area contributed by atoms with Gasteiger partial charge in [-0.2, -0.15) is 5.26 Å². The monoisotopic (exact) mass is 196 g/mol. The van der Waals surface area contributed by atoms with Gasteiger partial charge in [-0.25, -0.2) is 8.78 Å². The Morgan fingerprint density at radius 2 is 2.21 bits per heavy atom. The predicted molar refractivity (Wildman–Crippen MR) is 49.7 cm³/mol. The summed E-state index contributed by atoms with van der Waals surface area (Å²) in [5.74, 6) is -1.86. The van der Waals surface area contributed by atoms with Crippen molar-refractivity contribution in [3.63, 3.8) is 0 Å². The number of nitrogens with one attached hydrogen (secondary N) is 1. The van der Waals surface area contributed by atoms with Gasteiger partial charge in [-0.3, -0.25) is 0 Å². The van der Waals surface area contributed by atoms with Crippen molar-refractivity contribution < 1.29 is 8.78 Å². The SMILES string of the molecule is CCC(C#N)Nc1cccc(F)c1F. The molecule has 0 aliphatic heterocycles. The summed E-state index contributed by atoms with van der Waals surface area (Å²) in [6.45, 7) is 1.79. The fourth-order valence-electron chi connectivity index (χ4n) is 1.03. The van der Waals surface area contributed by atoms with Gasteiger partial charge in [-0.15, -0.1) is 0 Å². The van der Waals surface area contributed by atoms with E-state index >= 15 is 0 Å². The molecule has 0 saturated heterocycles. The van der Waals surface area contributed by atoms with Crippen LogP contribution in [0.4, 0.5) is 14.5 Å². The first-order valence-corrected chi connectivity index (χ1v) is 4.29. The molecule has 0 aromatic heterocycles. The minimum atomic E-state index is -0.943. The molecule has 4 heteroatoms. The molecule has 0 saturated carbocycles. The van der Waals surface area contributed by atoms with Crippen molar-refractivity contribution in [1.82, 2.24) is 0 Å². The van der Waals surface area contributed by atoms with Crippen LogP contribution in [0, 0.1) is 23.0 Å². The highest BCUT2D eigenvalue weighted by molar-refractivity contribution is 5.46. The molecule has 1 atom stereocenters. The van der Waals surface area contributed by atoms with E-state index < -0.39 is 17.7 Å². The van der Waals surface area contributed by atoms with E-state index in [0.717, 1.165) is 6.07 Å². The van der Waals surface area contributed by atoms with Crippen LogP contribution in [0.3, 0.4) is 0 Å². The molecule has 0 amide bonds. The lowest BCUT2D eigenvalue weighted by Gasteiger charge is -2.11. The zero-order valence-electron chi connectivity index (χ0n) is 7.72. The van der Waals surface area contributed by atoms with Crippen LogP contribution in [-0.4, -0.2) is 6.04 Å². The van der Waals surface area contributed by atoms with E-state index in [-0.39, 0.29) is 5.69 Å². The van der Waals surface area contributed by atoms with E-state index in [1.54, 1.807) is 6.92 Å². The zero-order valence-corrected chi connectivity index (χ0v) is 7.72. The Labute approximate surface area is 81.2 Å². The van der Waals surface area contributed by atoms with Gasteiger partial charge in [0.05, 0.1) is 11.8 Å². The number of nitrogens with zero attached hydrogens (tertiary/aromatic N) is 1. The average molecular weight is 196 g/mol. The highest BCUT2D eigenvalue weighted by Gasteiger charge is 2.10. The number of nitriles is 1. The van der Waals surface area contributed by atoms with Crippen LogP contribution >= 0.6 is 0 Å². The first kappa shape index (κ1) is 10.5. The highest BCUT2D eigenvalue weighted by atomic mass is 19.2. The molecule has 0 spiro atoms. The molecule has 74 valence electrons. The van der Waals surface area contributed by atoms with Crippen LogP contribution in [0.15, 0.2) is 18.2 Å². The fraction of sp³-hybridized carbons (Fsp3) is 0.300. The second-order valence-electron chi connectivity index (χ2n) is 2.84. The summed E-state index contributed by atoms with van der Waals surface area (Å²) in [5, 5.41) is 11.2. The maximum Gasteiger partial charge on any atom is 0.181 e. The van der Waals surface area contributed by atoms with E-state index in [1.807, 2.05) is 6.07 Å². The van der Waals surface area contributed by atoms with Gasteiger partial charge in [0.15, 0.2) is 11.6 Å². The average Bonchev–Trinajstić information content (AvgIpc) is 2.20. The van der Waals surface area contributed by atoms with E-state index in [1.165, 1.54) is 12.1 Å². The summed E-state index contributed by atoms with van der Waals surface area (Å²) in [4.78, 5) is 0. The first-order valence-electron chi connectivity index (χ1n) is 4.29. The molecule has 0 heterocycles. The van der Waals surface area contributed by atoms with Crippen molar-refractivity contribution in [2.75, 3.05) is 5.32 Å². The minimum absolute atomic E-state index is 0.0263. The zero-order chi connectivity index (χ0) is 10.6. The normalized spacial score (nSPS) is 11.9. The van der Waals surface area contributed by atoms with Crippen molar-refractivity contribution in [3.8, 4) is 6.07 Å². The quantitative estimate of drug-likeness (QED) is 0.806. The Balaban J connectivity index is 2.87. The summed E-state index contributed by atoms with van der Waals surface area (Å²) in [5.41, 5.74) is 0.0263. The van der Waals surface area contributed by atoms with Crippen LogP contribution < -0.4 is 5.32 Å². The van der Waals surface area contributed by atoms with Crippen molar-refractivity contribution in [1.29, 1.82) is 5.26 Å². The van der Waals surface area contributed by atoms with Crippen LogP contribution in [0.25, 0.3) is 0 Å². The molecule has 0 bridgehead atoms. The fourth-order valence-corrected chi connectivity index (χ4v) is 1.03. The van der Waals surface area contributed by atoms with Gasteiger partial charge in [0, 0.05) is 0 Å². The van der Waals surface area contributed by atoms with Gasteiger partial charge in [-0.1, -0.05) is 13.0 Å². The van der Waals surface area contributed by atoms with Gasteiger partial charge in [0.25, 0.3) is 0 Å². The second kappa shape index (κ2) is 4.56. The van der Waals surface area contributed by atoms with Gasteiger partial charge < -0.3 is 5.32 Å². The molecular formula is C10H10F2N2. The number of halogens is 2. The van der Waals surface area contributed by atoms with Crippen LogP contribution in [0.1, 0.15) is 13.3 Å². The van der Waals surface area contributed by atoms with E-state index in [9.17, 15) is 8.78 Å². The molecule has 2 nitrogen and oxygen atoms in total. The third kappa shape index (κ3) is 2.19. The number of anilines is 1. The van der Waals surface area contributed by atoms with Gasteiger partial charge in [0.2, 0.25) is 0 Å². The smallest absolute Gasteiger partial charge is 0.181 e. The summed E-state index contributed by atoms with van der Waals surface area (Å²) < 4.78 is 25.8. The van der Waals surface area contributed by atoms with Crippen LogP contribution in [0.2, 0.25) is 0 Å². The van der Waals surface area contributed by atoms with E-state index in [0.29, 0.717) is 6.42 Å². The Kier molecular flexibility index (Phi) is 3.41. The number of hydrogen-bond donors (Lipinski definition) is 1. The van der Waals surface area contributed by atoms with Crippen molar-refractivity contribution in [3.05, 3.63) is 29.8 Å². The molecule has 14 heavy (non-hydrogen) atoms. The largest absolute Gasteiger partial charge is 0.367 e. The maximum atomic E-state index is 13.1. The summed E-state index contributed by atoms with van der Waals surface area (Å²) in [6.07, 6.45) is 0.534. The lowest BCUT2D eigenvalue weighted by Crippen LogP contribution is -2.16. The molecule has 1 rings (SSSR count). The van der Waals surface area contributed by atoms with Crippen molar-refractivity contribution in [2.24, 2.45) is 0 Å². The van der Waals surface area contributed by atoms with E-state index in [2.05, 4.69) is 5.32 Å². The molecule has 1 aromatic carbocycles. The molecule has 0 aliphatic rings. The lowest BCUT2D eigenvalue weighted by molar-refractivity contribution is 0.510. The molecule has 0 aliphatic carbocycles. The number of benzene rings is 1. The topological polar surface area (TPSA) is 35.8 Å². The third-order valence-electron chi connectivity index (χ3n) is 1.85. The molecule has 1 aromatic rings. The van der Waals surface area contributed by atoms with Crippen molar-refractivity contribution >= 4 is 5.69 Å². The number of hydrogen-bond acceptors (Lipinski definition) is 2. The van der Waals surface area contributed by atoms with E-state index in [4.69, 9.17) is 5.26 Å². The second-order valence-corrected chi connectivity index (χ2v) is 2.84. The summed E-state index contributed by atoms with van der Waals surface area (Å²) in [6, 6.07) is 5.28.